The Balaban J connectivity index is 1.69. The molecule has 0 fully saturated rings. The van der Waals surface area contributed by atoms with E-state index < -0.39 is 5.97 Å². The Morgan fingerprint density at radius 3 is 2.42 bits per heavy atom. The molecule has 0 aliphatic rings. The molecule has 0 aliphatic heterocycles. The molecule has 1 N–H and O–H groups in total. The molecule has 184 valence electrons. The van der Waals surface area contributed by atoms with Crippen molar-refractivity contribution in [3.63, 3.8) is 0 Å². The average Bonchev–Trinajstić information content (AvgIpc) is 2.89. The maximum absolute atomic E-state index is 12.8. The summed E-state index contributed by atoms with van der Waals surface area (Å²) < 4.78 is 16.5. The number of nitrogens with zero attached hydrogens (tertiary/aromatic N) is 1. The van der Waals surface area contributed by atoms with Gasteiger partial charge < -0.3 is 19.5 Å². The van der Waals surface area contributed by atoms with Gasteiger partial charge >= 0.3 is 5.97 Å². The van der Waals surface area contributed by atoms with E-state index in [9.17, 15) is 9.59 Å². The first-order valence-electron chi connectivity index (χ1n) is 11.6. The van der Waals surface area contributed by atoms with E-state index in [-0.39, 0.29) is 19.1 Å². The zero-order valence-electron chi connectivity index (χ0n) is 20.8. The lowest BCUT2D eigenvalue weighted by Crippen LogP contribution is -2.21. The fourth-order valence-electron chi connectivity index (χ4n) is 3.92. The van der Waals surface area contributed by atoms with Crippen LogP contribution in [0.25, 0.3) is 22.2 Å². The van der Waals surface area contributed by atoms with E-state index in [0.717, 1.165) is 22.4 Å². The quantitative estimate of drug-likeness (QED) is 0.322. The number of hydrogen-bond acceptors (Lipinski definition) is 6. The van der Waals surface area contributed by atoms with Crippen LogP contribution in [-0.4, -0.2) is 37.2 Å². The molecule has 1 amide bonds. The molecule has 0 atom stereocenters. The van der Waals surface area contributed by atoms with Crippen LogP contribution in [0.15, 0.2) is 66.7 Å². The van der Waals surface area contributed by atoms with Gasteiger partial charge in [0.05, 0.1) is 30.5 Å². The van der Waals surface area contributed by atoms with Gasteiger partial charge in [0.2, 0.25) is 0 Å². The molecule has 7 nitrogen and oxygen atoms in total. The SMILES string of the molecule is CCOC(=O)c1ccc2nc(-c3cccc(OC)c3)cc(OCC(=O)Nc3c(C)cccc3C)c2c1. The van der Waals surface area contributed by atoms with Crippen LogP contribution < -0.4 is 14.8 Å². The van der Waals surface area contributed by atoms with Crippen molar-refractivity contribution in [2.45, 2.75) is 20.8 Å². The Morgan fingerprint density at radius 1 is 0.944 bits per heavy atom. The van der Waals surface area contributed by atoms with Gasteiger partial charge in [-0.3, -0.25) is 4.79 Å². The second-order valence-electron chi connectivity index (χ2n) is 8.29. The lowest BCUT2D eigenvalue weighted by Gasteiger charge is -2.14. The van der Waals surface area contributed by atoms with Crippen molar-refractivity contribution < 1.29 is 23.8 Å². The summed E-state index contributed by atoms with van der Waals surface area (Å²) in [6.07, 6.45) is 0. The monoisotopic (exact) mass is 484 g/mol. The van der Waals surface area contributed by atoms with Crippen LogP contribution in [0.2, 0.25) is 0 Å². The summed E-state index contributed by atoms with van der Waals surface area (Å²) in [5.74, 6) is 0.403. The van der Waals surface area contributed by atoms with Crippen LogP contribution >= 0.6 is 0 Å². The van der Waals surface area contributed by atoms with Gasteiger partial charge in [0, 0.05) is 22.7 Å². The van der Waals surface area contributed by atoms with Gasteiger partial charge in [0.15, 0.2) is 6.61 Å². The molecule has 0 bridgehead atoms. The first kappa shape index (κ1) is 24.7. The number of para-hydroxylation sites is 1. The van der Waals surface area contributed by atoms with Gasteiger partial charge in [0.1, 0.15) is 11.5 Å². The smallest absolute Gasteiger partial charge is 0.338 e. The van der Waals surface area contributed by atoms with Gasteiger partial charge in [-0.1, -0.05) is 30.3 Å². The Hall–Kier alpha value is -4.39. The topological polar surface area (TPSA) is 86.8 Å². The summed E-state index contributed by atoms with van der Waals surface area (Å²) in [4.78, 5) is 29.9. The van der Waals surface area contributed by atoms with E-state index in [2.05, 4.69) is 5.32 Å². The van der Waals surface area contributed by atoms with E-state index in [4.69, 9.17) is 19.2 Å². The molecule has 0 unspecified atom stereocenters. The average molecular weight is 485 g/mol. The van der Waals surface area contributed by atoms with E-state index in [0.29, 0.717) is 33.7 Å². The number of amides is 1. The summed E-state index contributed by atoms with van der Waals surface area (Å²) in [5, 5.41) is 3.54. The number of carbonyl (C=O) groups is 2. The Labute approximate surface area is 210 Å². The maximum Gasteiger partial charge on any atom is 0.338 e. The third-order valence-electron chi connectivity index (χ3n) is 5.75. The number of rotatable bonds is 8. The van der Waals surface area contributed by atoms with Gasteiger partial charge in [-0.2, -0.15) is 0 Å². The summed E-state index contributed by atoms with van der Waals surface area (Å²) >= 11 is 0. The number of fused-ring (bicyclic) bond motifs is 1. The predicted octanol–water partition coefficient (Wildman–Crippen LogP) is 5.72. The maximum atomic E-state index is 12.8. The summed E-state index contributed by atoms with van der Waals surface area (Å²) in [6.45, 7) is 5.69. The number of methoxy groups -OCH3 is 1. The second kappa shape index (κ2) is 10.9. The Bertz CT molecular complexity index is 1410. The number of benzene rings is 3. The van der Waals surface area contributed by atoms with Crippen LogP contribution in [0.3, 0.4) is 0 Å². The lowest BCUT2D eigenvalue weighted by atomic mass is 10.1. The minimum atomic E-state index is -0.435. The number of anilines is 1. The largest absolute Gasteiger partial charge is 0.497 e. The molecule has 1 heterocycles. The van der Waals surface area contributed by atoms with Crippen molar-refractivity contribution in [1.29, 1.82) is 0 Å². The highest BCUT2D eigenvalue weighted by Gasteiger charge is 2.15. The molecule has 4 rings (SSSR count). The Morgan fingerprint density at radius 2 is 1.69 bits per heavy atom. The van der Waals surface area contributed by atoms with Crippen LogP contribution in [0.4, 0.5) is 5.69 Å². The van der Waals surface area contributed by atoms with Crippen LogP contribution in [0, 0.1) is 13.8 Å². The molecule has 0 radical (unpaired) electrons. The third kappa shape index (κ3) is 5.46. The van der Waals surface area contributed by atoms with E-state index in [1.54, 1.807) is 38.3 Å². The molecule has 4 aromatic rings. The van der Waals surface area contributed by atoms with Crippen molar-refractivity contribution in [2.24, 2.45) is 0 Å². The summed E-state index contributed by atoms with van der Waals surface area (Å²) in [5.41, 5.74) is 5.19. The molecule has 36 heavy (non-hydrogen) atoms. The fourth-order valence-corrected chi connectivity index (χ4v) is 3.92. The normalized spacial score (nSPS) is 10.7. The van der Waals surface area contributed by atoms with Crippen molar-refractivity contribution in [3.05, 3.63) is 83.4 Å². The van der Waals surface area contributed by atoms with Crippen LogP contribution in [-0.2, 0) is 9.53 Å². The molecule has 0 saturated heterocycles. The second-order valence-corrected chi connectivity index (χ2v) is 8.29. The molecular formula is C29H28N2O5. The number of pyridine rings is 1. The number of carbonyl (C=O) groups excluding carboxylic acids is 2. The molecule has 3 aromatic carbocycles. The predicted molar refractivity (Wildman–Crippen MR) is 140 cm³/mol. The highest BCUT2D eigenvalue weighted by Crippen LogP contribution is 2.32. The number of hydrogen-bond donors (Lipinski definition) is 1. The zero-order valence-corrected chi connectivity index (χ0v) is 20.8. The number of ether oxygens (including phenoxy) is 3. The highest BCUT2D eigenvalue weighted by atomic mass is 16.5. The zero-order chi connectivity index (χ0) is 25.7. The standard InChI is InChI=1S/C29H28N2O5/c1-5-35-29(33)21-12-13-24-23(15-21)26(16-25(30-24)20-10-7-11-22(14-20)34-4)36-17-27(32)31-28-18(2)8-6-9-19(28)3/h6-16H,5,17H2,1-4H3,(H,31,32). The van der Waals surface area contributed by atoms with Gasteiger partial charge in [-0.25, -0.2) is 9.78 Å². The third-order valence-corrected chi connectivity index (χ3v) is 5.75. The van der Waals surface area contributed by atoms with E-state index >= 15 is 0 Å². The minimum absolute atomic E-state index is 0.214. The minimum Gasteiger partial charge on any atom is -0.497 e. The molecule has 7 heteroatoms. The number of aromatic nitrogens is 1. The van der Waals surface area contributed by atoms with Gasteiger partial charge in [-0.05, 0) is 62.2 Å². The summed E-state index contributed by atoms with van der Waals surface area (Å²) in [7, 11) is 1.60. The molecule has 0 saturated carbocycles. The Kier molecular flexibility index (Phi) is 7.49. The van der Waals surface area contributed by atoms with E-state index in [1.165, 1.54) is 0 Å². The van der Waals surface area contributed by atoms with Crippen molar-refractivity contribution in [3.8, 4) is 22.8 Å². The summed E-state index contributed by atoms with van der Waals surface area (Å²) in [6, 6.07) is 20.2. The van der Waals surface area contributed by atoms with Crippen molar-refractivity contribution in [2.75, 3.05) is 25.6 Å². The fraction of sp³-hybridized carbons (Fsp3) is 0.207. The number of esters is 1. The van der Waals surface area contributed by atoms with Gasteiger partial charge in [0.25, 0.3) is 5.91 Å². The number of nitrogens with one attached hydrogen (secondary N) is 1. The van der Waals surface area contributed by atoms with Gasteiger partial charge in [-0.15, -0.1) is 0 Å². The van der Waals surface area contributed by atoms with E-state index in [1.807, 2.05) is 56.3 Å². The van der Waals surface area contributed by atoms with Crippen LogP contribution in [0.5, 0.6) is 11.5 Å². The molecular weight excluding hydrogens is 456 g/mol. The van der Waals surface area contributed by atoms with Crippen LogP contribution in [0.1, 0.15) is 28.4 Å². The molecule has 1 aromatic heterocycles. The highest BCUT2D eigenvalue weighted by molar-refractivity contribution is 5.98. The van der Waals surface area contributed by atoms with Crippen molar-refractivity contribution in [1.82, 2.24) is 4.98 Å². The van der Waals surface area contributed by atoms with Crippen molar-refractivity contribution >= 4 is 28.5 Å². The first-order chi connectivity index (χ1) is 17.4. The molecule has 0 aliphatic carbocycles. The lowest BCUT2D eigenvalue weighted by molar-refractivity contribution is -0.118. The first-order valence-corrected chi connectivity index (χ1v) is 11.6. The number of aryl methyl sites for hydroxylation is 2. The molecule has 0 spiro atoms.